The summed E-state index contributed by atoms with van der Waals surface area (Å²) in [6.45, 7) is 0. The number of aromatic nitrogens is 1. The quantitative estimate of drug-likeness (QED) is 0.557. The van der Waals surface area contributed by atoms with Crippen LogP contribution in [0, 0.1) is 0 Å². The summed E-state index contributed by atoms with van der Waals surface area (Å²) in [5.41, 5.74) is 0.123. The van der Waals surface area contributed by atoms with Gasteiger partial charge in [-0.05, 0) is 12.1 Å². The van der Waals surface area contributed by atoms with E-state index in [4.69, 9.17) is 58.0 Å². The van der Waals surface area contributed by atoms with Gasteiger partial charge in [0, 0.05) is 6.20 Å². The molecule has 0 fully saturated rings. The first-order valence-electron chi connectivity index (χ1n) is 4.30. The Morgan fingerprint density at radius 1 is 0.944 bits per heavy atom. The van der Waals surface area contributed by atoms with Gasteiger partial charge in [-0.3, -0.25) is 0 Å². The molecule has 2 nitrogen and oxygen atoms in total. The summed E-state index contributed by atoms with van der Waals surface area (Å²) in [4.78, 5) is 0. The standard InChI is InChI=1S/C10H4Cl5NO.K/c11-4-1-2-16(10(4)15)9-6(17)3-5(12)7(13)8(9)14;/h1-3,17H;/q;+1/p-1. The summed E-state index contributed by atoms with van der Waals surface area (Å²) in [6.07, 6.45) is 1.53. The molecule has 8 heteroatoms. The van der Waals surface area contributed by atoms with E-state index in [1.807, 2.05) is 0 Å². The van der Waals surface area contributed by atoms with Crippen molar-refractivity contribution < 1.29 is 56.5 Å². The summed E-state index contributed by atoms with van der Waals surface area (Å²) < 4.78 is 1.36. The third kappa shape index (κ3) is 3.17. The van der Waals surface area contributed by atoms with Crippen LogP contribution in [0.1, 0.15) is 0 Å². The van der Waals surface area contributed by atoms with Crippen LogP contribution in [0.4, 0.5) is 0 Å². The molecule has 1 aromatic carbocycles. The molecule has 18 heavy (non-hydrogen) atoms. The Labute approximate surface area is 171 Å². The molecule has 0 atom stereocenters. The Morgan fingerprint density at radius 2 is 1.56 bits per heavy atom. The fourth-order valence-electron chi connectivity index (χ4n) is 1.35. The van der Waals surface area contributed by atoms with E-state index in [1.165, 1.54) is 16.8 Å². The zero-order valence-electron chi connectivity index (χ0n) is 8.98. The van der Waals surface area contributed by atoms with E-state index in [0.29, 0.717) is 5.02 Å². The molecule has 0 radical (unpaired) electrons. The van der Waals surface area contributed by atoms with E-state index in [1.54, 1.807) is 6.07 Å². The molecule has 2 rings (SSSR count). The van der Waals surface area contributed by atoms with Gasteiger partial charge in [-0.15, -0.1) is 0 Å². The number of hydrogen-bond acceptors (Lipinski definition) is 1. The van der Waals surface area contributed by atoms with Crippen molar-refractivity contribution in [3.05, 3.63) is 43.6 Å². The van der Waals surface area contributed by atoms with Crippen LogP contribution in [0.5, 0.6) is 5.75 Å². The molecular formula is C10H3Cl5KNO. The minimum atomic E-state index is -0.390. The van der Waals surface area contributed by atoms with E-state index >= 15 is 0 Å². The van der Waals surface area contributed by atoms with Crippen LogP contribution in [-0.2, 0) is 0 Å². The predicted octanol–water partition coefficient (Wildman–Crippen LogP) is 1.82. The van der Waals surface area contributed by atoms with E-state index < -0.39 is 5.75 Å². The largest absolute Gasteiger partial charge is 1.00 e. The molecule has 1 heterocycles. The summed E-state index contributed by atoms with van der Waals surface area (Å²) in [5.74, 6) is -0.390. The van der Waals surface area contributed by atoms with Crippen molar-refractivity contribution in [2.45, 2.75) is 0 Å². The van der Waals surface area contributed by atoms with Crippen molar-refractivity contribution in [3.8, 4) is 11.4 Å². The van der Waals surface area contributed by atoms with Gasteiger partial charge in [0.2, 0.25) is 0 Å². The van der Waals surface area contributed by atoms with Crippen LogP contribution in [0.25, 0.3) is 5.69 Å². The maximum atomic E-state index is 11.8. The molecule has 2 aromatic rings. The van der Waals surface area contributed by atoms with Gasteiger partial charge in [0.25, 0.3) is 0 Å². The smallest absolute Gasteiger partial charge is 0.871 e. The Bertz CT molecular complexity index is 598. The zero-order valence-corrected chi connectivity index (χ0v) is 15.9. The molecule has 0 aliphatic carbocycles. The fraction of sp³-hybridized carbons (Fsp3) is 0. The van der Waals surface area contributed by atoms with Gasteiger partial charge in [-0.2, -0.15) is 0 Å². The molecule has 0 N–H and O–H groups in total. The predicted molar refractivity (Wildman–Crippen MR) is 70.3 cm³/mol. The SMILES string of the molecule is [K+].[O-]c1cc(Cl)c(Cl)c(Cl)c1-n1ccc(Cl)c1Cl. The van der Waals surface area contributed by atoms with Gasteiger partial charge < -0.3 is 9.67 Å². The molecule has 0 bridgehead atoms. The second-order valence-electron chi connectivity index (χ2n) is 3.16. The molecule has 90 valence electrons. The fourth-order valence-corrected chi connectivity index (χ4v) is 2.37. The Kier molecular flexibility index (Phi) is 6.68. The van der Waals surface area contributed by atoms with Gasteiger partial charge in [0.05, 0.1) is 25.8 Å². The van der Waals surface area contributed by atoms with Crippen molar-refractivity contribution in [2.75, 3.05) is 0 Å². The molecule has 0 spiro atoms. The van der Waals surface area contributed by atoms with Crippen molar-refractivity contribution in [1.29, 1.82) is 0 Å². The topological polar surface area (TPSA) is 28.0 Å². The van der Waals surface area contributed by atoms with Crippen LogP contribution in [0.2, 0.25) is 25.2 Å². The van der Waals surface area contributed by atoms with Crippen LogP contribution >= 0.6 is 58.0 Å². The van der Waals surface area contributed by atoms with Crippen LogP contribution in [0.3, 0.4) is 0 Å². The number of rotatable bonds is 1. The van der Waals surface area contributed by atoms with Crippen LogP contribution in [-0.4, -0.2) is 4.57 Å². The maximum absolute atomic E-state index is 11.8. The van der Waals surface area contributed by atoms with Crippen molar-refractivity contribution in [2.24, 2.45) is 0 Å². The van der Waals surface area contributed by atoms with E-state index in [9.17, 15) is 5.11 Å². The first-order valence-corrected chi connectivity index (χ1v) is 6.19. The van der Waals surface area contributed by atoms with Crippen molar-refractivity contribution in [1.82, 2.24) is 4.57 Å². The number of nitrogens with zero attached hydrogens (tertiary/aromatic N) is 1. The Balaban J connectivity index is 0.00000162. The van der Waals surface area contributed by atoms with E-state index in [2.05, 4.69) is 0 Å². The summed E-state index contributed by atoms with van der Waals surface area (Å²) >= 11 is 29.3. The third-order valence-electron chi connectivity index (χ3n) is 2.12. The average Bonchev–Trinajstić information content (AvgIpc) is 2.58. The molecule has 0 unspecified atom stereocenters. The van der Waals surface area contributed by atoms with Crippen molar-refractivity contribution >= 4 is 58.0 Å². The molecule has 0 saturated heterocycles. The van der Waals surface area contributed by atoms with Crippen LogP contribution < -0.4 is 56.5 Å². The summed E-state index contributed by atoms with van der Waals surface area (Å²) in [6, 6.07) is 2.72. The third-order valence-corrected chi connectivity index (χ3v) is 4.16. The first-order chi connectivity index (χ1) is 7.93. The van der Waals surface area contributed by atoms with Gasteiger partial charge in [-0.1, -0.05) is 63.8 Å². The van der Waals surface area contributed by atoms with Gasteiger partial charge >= 0.3 is 51.4 Å². The molecule has 0 aliphatic heterocycles. The molecule has 0 amide bonds. The first kappa shape index (κ1) is 17.4. The normalized spacial score (nSPS) is 10.3. The maximum Gasteiger partial charge on any atom is 1.00 e. The van der Waals surface area contributed by atoms with E-state index in [-0.39, 0.29) is 77.3 Å². The Morgan fingerprint density at radius 3 is 2.06 bits per heavy atom. The summed E-state index contributed by atoms with van der Waals surface area (Å²) in [7, 11) is 0. The van der Waals surface area contributed by atoms with Crippen molar-refractivity contribution in [3.63, 3.8) is 0 Å². The monoisotopic (exact) mass is 367 g/mol. The molecular weight excluding hydrogens is 366 g/mol. The zero-order chi connectivity index (χ0) is 12.7. The second kappa shape index (κ2) is 6.90. The number of benzene rings is 1. The molecule has 0 aliphatic rings. The van der Waals surface area contributed by atoms with Gasteiger partial charge in [0.15, 0.2) is 0 Å². The Hall–Kier alpha value is 1.39. The van der Waals surface area contributed by atoms with Crippen LogP contribution in [0.15, 0.2) is 18.3 Å². The molecule has 1 aromatic heterocycles. The average molecular weight is 370 g/mol. The van der Waals surface area contributed by atoms with Gasteiger partial charge in [0.1, 0.15) is 5.15 Å². The molecule has 0 saturated carbocycles. The second-order valence-corrected chi connectivity index (χ2v) is 5.09. The number of hydrogen-bond donors (Lipinski definition) is 0. The minimum Gasteiger partial charge on any atom is -0.871 e. The minimum absolute atomic E-state index is 0. The summed E-state index contributed by atoms with van der Waals surface area (Å²) in [5, 5.41) is 12.6. The van der Waals surface area contributed by atoms with Gasteiger partial charge in [-0.25, -0.2) is 0 Å². The van der Waals surface area contributed by atoms with E-state index in [0.717, 1.165) is 0 Å². The number of halogens is 5.